The van der Waals surface area contributed by atoms with Crippen molar-refractivity contribution in [2.75, 3.05) is 10.6 Å². The van der Waals surface area contributed by atoms with Crippen LogP contribution in [0.2, 0.25) is 0 Å². The topological polar surface area (TPSA) is 54.0 Å². The molecule has 0 saturated carbocycles. The molecule has 5 heteroatoms. The van der Waals surface area contributed by atoms with Gasteiger partial charge in [-0.25, -0.2) is 4.98 Å². The van der Waals surface area contributed by atoms with Gasteiger partial charge in [0.25, 0.3) is 0 Å². The van der Waals surface area contributed by atoms with Crippen LogP contribution in [0.15, 0.2) is 47.1 Å². The van der Waals surface area contributed by atoms with E-state index in [0.29, 0.717) is 18.2 Å². The molecule has 1 aromatic carbocycles. The molecular formula is C16H18BrN3O. The maximum atomic E-state index is 12.0. The zero-order valence-electron chi connectivity index (χ0n) is 12.1. The third-order valence-electron chi connectivity index (χ3n) is 2.79. The first-order chi connectivity index (χ1) is 10.0. The van der Waals surface area contributed by atoms with Gasteiger partial charge in [-0.1, -0.05) is 34.1 Å². The molecule has 0 saturated heterocycles. The monoisotopic (exact) mass is 347 g/mol. The van der Waals surface area contributed by atoms with Crippen LogP contribution in [0.4, 0.5) is 11.5 Å². The van der Waals surface area contributed by atoms with Crippen LogP contribution < -0.4 is 10.6 Å². The summed E-state index contributed by atoms with van der Waals surface area (Å²) >= 11 is 3.44. The average molecular weight is 348 g/mol. The number of carbonyl (C=O) groups is 1. The fourth-order valence-electron chi connectivity index (χ4n) is 1.87. The molecule has 2 aromatic rings. The molecule has 2 N–H and O–H groups in total. The second kappa shape index (κ2) is 7.22. The van der Waals surface area contributed by atoms with Crippen LogP contribution in [-0.2, 0) is 11.2 Å². The summed E-state index contributed by atoms with van der Waals surface area (Å²) in [5.74, 6) is 0.738. The van der Waals surface area contributed by atoms with E-state index >= 15 is 0 Å². The van der Waals surface area contributed by atoms with Gasteiger partial charge >= 0.3 is 0 Å². The predicted molar refractivity (Wildman–Crippen MR) is 89.5 cm³/mol. The minimum Gasteiger partial charge on any atom is -0.368 e. The average Bonchev–Trinajstić information content (AvgIpc) is 2.43. The lowest BCUT2D eigenvalue weighted by molar-refractivity contribution is -0.115. The third-order valence-corrected chi connectivity index (χ3v) is 3.57. The number of benzene rings is 1. The number of hydrogen-bond acceptors (Lipinski definition) is 3. The van der Waals surface area contributed by atoms with Crippen molar-refractivity contribution in [3.63, 3.8) is 0 Å². The molecule has 0 radical (unpaired) electrons. The van der Waals surface area contributed by atoms with Crippen molar-refractivity contribution in [2.45, 2.75) is 26.3 Å². The lowest BCUT2D eigenvalue weighted by atomic mass is 10.1. The molecule has 1 amide bonds. The molecule has 0 aliphatic heterocycles. The van der Waals surface area contributed by atoms with E-state index in [0.717, 1.165) is 15.9 Å². The zero-order valence-corrected chi connectivity index (χ0v) is 13.6. The van der Waals surface area contributed by atoms with Gasteiger partial charge in [-0.2, -0.15) is 0 Å². The van der Waals surface area contributed by atoms with Crippen LogP contribution in [0.5, 0.6) is 0 Å². The fraction of sp³-hybridized carbons (Fsp3) is 0.250. The van der Waals surface area contributed by atoms with E-state index in [1.165, 1.54) is 0 Å². The largest absolute Gasteiger partial charge is 0.368 e. The molecule has 0 atom stereocenters. The number of rotatable bonds is 5. The highest BCUT2D eigenvalue weighted by Crippen LogP contribution is 2.17. The van der Waals surface area contributed by atoms with Crippen molar-refractivity contribution < 1.29 is 4.79 Å². The minimum atomic E-state index is -0.0618. The van der Waals surface area contributed by atoms with Crippen molar-refractivity contribution in [3.05, 3.63) is 52.6 Å². The van der Waals surface area contributed by atoms with Gasteiger partial charge in [0.05, 0.1) is 18.3 Å². The van der Waals surface area contributed by atoms with E-state index in [2.05, 4.69) is 45.4 Å². The van der Waals surface area contributed by atoms with Gasteiger partial charge in [0.1, 0.15) is 5.82 Å². The van der Waals surface area contributed by atoms with E-state index in [1.54, 1.807) is 6.20 Å². The first-order valence-electron chi connectivity index (χ1n) is 6.80. The molecule has 1 aromatic heterocycles. The van der Waals surface area contributed by atoms with Gasteiger partial charge in [0.15, 0.2) is 0 Å². The molecule has 110 valence electrons. The molecule has 0 bridgehead atoms. The Bertz CT molecular complexity index is 611. The zero-order chi connectivity index (χ0) is 15.2. The Hall–Kier alpha value is -1.88. The third kappa shape index (κ3) is 4.86. The highest BCUT2D eigenvalue weighted by atomic mass is 79.9. The van der Waals surface area contributed by atoms with Crippen LogP contribution >= 0.6 is 15.9 Å². The summed E-state index contributed by atoms with van der Waals surface area (Å²) in [5.41, 5.74) is 1.66. The second-order valence-corrected chi connectivity index (χ2v) is 5.90. The lowest BCUT2D eigenvalue weighted by Gasteiger charge is -2.10. The van der Waals surface area contributed by atoms with Gasteiger partial charge in [-0.15, -0.1) is 0 Å². The second-order valence-electron chi connectivity index (χ2n) is 5.05. The number of nitrogens with one attached hydrogen (secondary N) is 2. The summed E-state index contributed by atoms with van der Waals surface area (Å²) in [5, 5.41) is 6.05. The van der Waals surface area contributed by atoms with Crippen LogP contribution in [0.1, 0.15) is 19.4 Å². The number of pyridine rings is 1. The fourth-order valence-corrected chi connectivity index (χ4v) is 2.29. The number of hydrogen-bond donors (Lipinski definition) is 2. The van der Waals surface area contributed by atoms with Crippen molar-refractivity contribution >= 4 is 33.3 Å². The molecule has 0 fully saturated rings. The standard InChI is InChI=1S/C16H18BrN3O/c1-11(2)19-15-8-7-13(10-18-15)20-16(21)9-12-5-3-4-6-14(12)17/h3-8,10-11H,9H2,1-2H3,(H,18,19)(H,20,21). The molecule has 1 heterocycles. The Labute approximate surface area is 133 Å². The van der Waals surface area contributed by atoms with Crippen LogP contribution in [0, 0.1) is 0 Å². The Morgan fingerprint density at radius 1 is 1.24 bits per heavy atom. The van der Waals surface area contributed by atoms with Crippen LogP contribution in [0.25, 0.3) is 0 Å². The summed E-state index contributed by atoms with van der Waals surface area (Å²) in [4.78, 5) is 16.3. The summed E-state index contributed by atoms with van der Waals surface area (Å²) in [6.45, 7) is 4.10. The van der Waals surface area contributed by atoms with E-state index < -0.39 is 0 Å². The number of aromatic nitrogens is 1. The quantitative estimate of drug-likeness (QED) is 0.863. The Morgan fingerprint density at radius 3 is 2.62 bits per heavy atom. The van der Waals surface area contributed by atoms with Gasteiger partial charge < -0.3 is 10.6 Å². The Morgan fingerprint density at radius 2 is 2.00 bits per heavy atom. The van der Waals surface area contributed by atoms with Crippen molar-refractivity contribution in [1.29, 1.82) is 0 Å². The van der Waals surface area contributed by atoms with Crippen LogP contribution in [-0.4, -0.2) is 16.9 Å². The highest BCUT2D eigenvalue weighted by molar-refractivity contribution is 9.10. The molecule has 0 aliphatic carbocycles. The van der Waals surface area contributed by atoms with E-state index in [-0.39, 0.29) is 5.91 Å². The molecule has 0 spiro atoms. The number of halogens is 1. The summed E-state index contributed by atoms with van der Waals surface area (Å²) < 4.78 is 0.940. The first-order valence-corrected chi connectivity index (χ1v) is 7.60. The minimum absolute atomic E-state index is 0.0618. The maximum absolute atomic E-state index is 12.0. The Kier molecular flexibility index (Phi) is 5.33. The number of amides is 1. The van der Waals surface area contributed by atoms with E-state index in [1.807, 2.05) is 36.4 Å². The molecule has 21 heavy (non-hydrogen) atoms. The van der Waals surface area contributed by atoms with Crippen molar-refractivity contribution in [2.24, 2.45) is 0 Å². The number of anilines is 2. The molecule has 0 aliphatic rings. The van der Waals surface area contributed by atoms with E-state index in [4.69, 9.17) is 0 Å². The van der Waals surface area contributed by atoms with Gasteiger partial charge in [0.2, 0.25) is 5.91 Å². The maximum Gasteiger partial charge on any atom is 0.228 e. The molecular weight excluding hydrogens is 330 g/mol. The Balaban J connectivity index is 1.95. The smallest absolute Gasteiger partial charge is 0.228 e. The molecule has 4 nitrogen and oxygen atoms in total. The van der Waals surface area contributed by atoms with Crippen LogP contribution in [0.3, 0.4) is 0 Å². The number of carbonyl (C=O) groups excluding carboxylic acids is 1. The molecule has 0 unspecified atom stereocenters. The van der Waals surface area contributed by atoms with Gasteiger partial charge in [-0.05, 0) is 37.6 Å². The summed E-state index contributed by atoms with van der Waals surface area (Å²) in [7, 11) is 0. The van der Waals surface area contributed by atoms with Gasteiger partial charge in [-0.3, -0.25) is 4.79 Å². The lowest BCUT2D eigenvalue weighted by Crippen LogP contribution is -2.15. The van der Waals surface area contributed by atoms with Crippen molar-refractivity contribution in [3.8, 4) is 0 Å². The normalized spacial score (nSPS) is 10.5. The highest BCUT2D eigenvalue weighted by Gasteiger charge is 2.07. The first kappa shape index (κ1) is 15.5. The number of nitrogens with zero attached hydrogens (tertiary/aromatic N) is 1. The SMILES string of the molecule is CC(C)Nc1ccc(NC(=O)Cc2ccccc2Br)cn1. The predicted octanol–water partition coefficient (Wildman–Crippen LogP) is 3.85. The van der Waals surface area contributed by atoms with E-state index in [9.17, 15) is 4.79 Å². The summed E-state index contributed by atoms with van der Waals surface area (Å²) in [6.07, 6.45) is 1.98. The van der Waals surface area contributed by atoms with Crippen molar-refractivity contribution in [1.82, 2.24) is 4.98 Å². The van der Waals surface area contributed by atoms with Gasteiger partial charge in [0, 0.05) is 10.5 Å². The molecule has 2 rings (SSSR count). The summed E-state index contributed by atoms with van der Waals surface area (Å²) in [6, 6.07) is 11.7.